The number of hydrogen-bond donors (Lipinski definition) is 1. The summed E-state index contributed by atoms with van der Waals surface area (Å²) in [5.74, 6) is 2.04. The van der Waals surface area contributed by atoms with Gasteiger partial charge in [-0.3, -0.25) is 4.79 Å². The number of aromatic nitrogens is 1. The molecule has 2 aliphatic heterocycles. The van der Waals surface area contributed by atoms with Crippen molar-refractivity contribution in [1.29, 1.82) is 0 Å². The molecule has 27 heavy (non-hydrogen) atoms. The van der Waals surface area contributed by atoms with Gasteiger partial charge in [0.05, 0.1) is 0 Å². The van der Waals surface area contributed by atoms with Crippen molar-refractivity contribution in [2.45, 2.75) is 6.92 Å². The summed E-state index contributed by atoms with van der Waals surface area (Å²) in [6, 6.07) is 9.01. The SMILES string of the molecule is CCN1CCN(c2cc(C(=O)Nc3ccc4c(c3)OCCO4)ccn2)CC1. The molecule has 0 saturated carbocycles. The van der Waals surface area contributed by atoms with Gasteiger partial charge < -0.3 is 24.6 Å². The van der Waals surface area contributed by atoms with Crippen LogP contribution in [0.5, 0.6) is 11.5 Å². The van der Waals surface area contributed by atoms with Gasteiger partial charge in [0.15, 0.2) is 11.5 Å². The van der Waals surface area contributed by atoms with Crippen LogP contribution in [0.2, 0.25) is 0 Å². The highest BCUT2D eigenvalue weighted by atomic mass is 16.6. The van der Waals surface area contributed by atoms with E-state index in [4.69, 9.17) is 9.47 Å². The molecule has 1 amide bonds. The van der Waals surface area contributed by atoms with Gasteiger partial charge in [-0.05, 0) is 30.8 Å². The molecule has 2 aromatic rings. The summed E-state index contributed by atoms with van der Waals surface area (Å²) in [6.45, 7) is 8.20. The third-order valence-electron chi connectivity index (χ3n) is 4.95. The topological polar surface area (TPSA) is 66.9 Å². The molecule has 0 bridgehead atoms. The lowest BCUT2D eigenvalue weighted by Crippen LogP contribution is -2.46. The summed E-state index contributed by atoms with van der Waals surface area (Å²) in [4.78, 5) is 21.8. The fourth-order valence-electron chi connectivity index (χ4n) is 3.35. The summed E-state index contributed by atoms with van der Waals surface area (Å²) < 4.78 is 11.1. The van der Waals surface area contributed by atoms with Crippen LogP contribution in [0.15, 0.2) is 36.5 Å². The lowest BCUT2D eigenvalue weighted by molar-refractivity contribution is 0.102. The number of hydrogen-bond acceptors (Lipinski definition) is 6. The number of piperazine rings is 1. The molecule has 1 saturated heterocycles. The van der Waals surface area contributed by atoms with Crippen molar-refractivity contribution in [3.8, 4) is 11.5 Å². The summed E-state index contributed by atoms with van der Waals surface area (Å²) >= 11 is 0. The van der Waals surface area contributed by atoms with Gasteiger partial charge in [0.1, 0.15) is 19.0 Å². The maximum absolute atomic E-state index is 12.7. The van der Waals surface area contributed by atoms with E-state index in [9.17, 15) is 4.79 Å². The second-order valence-corrected chi connectivity index (χ2v) is 6.64. The number of rotatable bonds is 4. The molecule has 0 unspecified atom stereocenters. The Morgan fingerprint density at radius 2 is 1.85 bits per heavy atom. The number of anilines is 2. The van der Waals surface area contributed by atoms with Gasteiger partial charge >= 0.3 is 0 Å². The second-order valence-electron chi connectivity index (χ2n) is 6.64. The Kier molecular flexibility index (Phi) is 5.11. The van der Waals surface area contributed by atoms with E-state index >= 15 is 0 Å². The molecule has 0 aliphatic carbocycles. The first-order chi connectivity index (χ1) is 13.2. The number of benzene rings is 1. The lowest BCUT2D eigenvalue weighted by Gasteiger charge is -2.34. The molecular weight excluding hydrogens is 344 g/mol. The van der Waals surface area contributed by atoms with Crippen LogP contribution >= 0.6 is 0 Å². The first-order valence-electron chi connectivity index (χ1n) is 9.37. The first-order valence-corrected chi connectivity index (χ1v) is 9.37. The molecule has 0 radical (unpaired) electrons. The van der Waals surface area contributed by atoms with Crippen LogP contribution in [0.4, 0.5) is 11.5 Å². The van der Waals surface area contributed by atoms with Crippen LogP contribution in [-0.2, 0) is 0 Å². The minimum Gasteiger partial charge on any atom is -0.486 e. The number of fused-ring (bicyclic) bond motifs is 1. The van der Waals surface area contributed by atoms with Crippen LogP contribution in [0, 0.1) is 0 Å². The number of ether oxygens (including phenoxy) is 2. The summed E-state index contributed by atoms with van der Waals surface area (Å²) in [6.07, 6.45) is 1.69. The maximum atomic E-state index is 12.7. The maximum Gasteiger partial charge on any atom is 0.255 e. The van der Waals surface area contributed by atoms with Crippen LogP contribution < -0.4 is 19.7 Å². The quantitative estimate of drug-likeness (QED) is 0.893. The number of pyridine rings is 1. The molecule has 7 heteroatoms. The van der Waals surface area contributed by atoms with Crippen molar-refractivity contribution in [2.75, 3.05) is 56.2 Å². The molecule has 1 N–H and O–H groups in total. The molecule has 1 fully saturated rings. The molecule has 1 aromatic heterocycles. The number of nitrogens with zero attached hydrogens (tertiary/aromatic N) is 3. The number of nitrogens with one attached hydrogen (secondary N) is 1. The van der Waals surface area contributed by atoms with Crippen LogP contribution in [-0.4, -0.2) is 61.7 Å². The van der Waals surface area contributed by atoms with Crippen molar-refractivity contribution < 1.29 is 14.3 Å². The Morgan fingerprint density at radius 1 is 1.07 bits per heavy atom. The largest absolute Gasteiger partial charge is 0.486 e. The minimum absolute atomic E-state index is 0.164. The minimum atomic E-state index is -0.164. The Balaban J connectivity index is 1.45. The third-order valence-corrected chi connectivity index (χ3v) is 4.95. The zero-order valence-corrected chi connectivity index (χ0v) is 15.5. The fraction of sp³-hybridized carbons (Fsp3) is 0.400. The lowest BCUT2D eigenvalue weighted by atomic mass is 10.2. The fourth-order valence-corrected chi connectivity index (χ4v) is 3.35. The molecular formula is C20H24N4O3. The van der Waals surface area contributed by atoms with Crippen molar-refractivity contribution in [3.63, 3.8) is 0 Å². The van der Waals surface area contributed by atoms with E-state index in [1.165, 1.54) is 0 Å². The van der Waals surface area contributed by atoms with Crippen LogP contribution in [0.3, 0.4) is 0 Å². The van der Waals surface area contributed by atoms with E-state index in [0.29, 0.717) is 36.0 Å². The first kappa shape index (κ1) is 17.6. The Hall–Kier alpha value is -2.80. The molecule has 7 nitrogen and oxygen atoms in total. The summed E-state index contributed by atoms with van der Waals surface area (Å²) in [7, 11) is 0. The van der Waals surface area contributed by atoms with Gasteiger partial charge in [-0.1, -0.05) is 6.92 Å². The standard InChI is InChI=1S/C20H24N4O3/c1-2-23-7-9-24(10-8-23)19-13-15(5-6-21-19)20(25)22-16-3-4-17-18(14-16)27-12-11-26-17/h3-6,13-14H,2,7-12H2,1H3,(H,22,25). The van der Waals surface area contributed by atoms with Gasteiger partial charge in [-0.25, -0.2) is 4.98 Å². The highest BCUT2D eigenvalue weighted by Crippen LogP contribution is 2.32. The van der Waals surface area contributed by atoms with E-state index in [1.807, 2.05) is 18.2 Å². The molecule has 0 atom stereocenters. The van der Waals surface area contributed by atoms with Crippen molar-refractivity contribution in [1.82, 2.24) is 9.88 Å². The Labute approximate surface area is 158 Å². The van der Waals surface area contributed by atoms with Gasteiger partial charge in [-0.2, -0.15) is 0 Å². The van der Waals surface area contributed by atoms with Crippen molar-refractivity contribution in [3.05, 3.63) is 42.1 Å². The highest BCUT2D eigenvalue weighted by Gasteiger charge is 2.18. The summed E-state index contributed by atoms with van der Waals surface area (Å²) in [5.41, 5.74) is 1.27. The predicted octanol–water partition coefficient (Wildman–Crippen LogP) is 2.25. The zero-order chi connectivity index (χ0) is 18.6. The van der Waals surface area contributed by atoms with Crippen LogP contribution in [0.25, 0.3) is 0 Å². The Bertz CT molecular complexity index is 819. The van der Waals surface area contributed by atoms with Crippen LogP contribution in [0.1, 0.15) is 17.3 Å². The second kappa shape index (κ2) is 7.84. The average molecular weight is 368 g/mol. The predicted molar refractivity (Wildman–Crippen MR) is 104 cm³/mol. The molecule has 3 heterocycles. The monoisotopic (exact) mass is 368 g/mol. The molecule has 2 aliphatic rings. The number of amides is 1. The molecule has 4 rings (SSSR count). The van der Waals surface area contributed by atoms with E-state index in [0.717, 1.165) is 38.5 Å². The normalized spacial score (nSPS) is 16.9. The van der Waals surface area contributed by atoms with Crippen molar-refractivity contribution >= 4 is 17.4 Å². The van der Waals surface area contributed by atoms with Gasteiger partial charge in [-0.15, -0.1) is 0 Å². The van der Waals surface area contributed by atoms with Gasteiger partial charge in [0.2, 0.25) is 0 Å². The smallest absolute Gasteiger partial charge is 0.255 e. The average Bonchev–Trinajstić information content (AvgIpc) is 2.74. The van der Waals surface area contributed by atoms with E-state index < -0.39 is 0 Å². The summed E-state index contributed by atoms with van der Waals surface area (Å²) in [5, 5.41) is 2.93. The highest BCUT2D eigenvalue weighted by molar-refractivity contribution is 6.04. The number of carbonyl (C=O) groups excluding carboxylic acids is 1. The number of carbonyl (C=O) groups is 1. The molecule has 142 valence electrons. The van der Waals surface area contributed by atoms with Crippen molar-refractivity contribution in [2.24, 2.45) is 0 Å². The van der Waals surface area contributed by atoms with E-state index in [2.05, 4.69) is 27.0 Å². The molecule has 0 spiro atoms. The zero-order valence-electron chi connectivity index (χ0n) is 15.5. The van der Waals surface area contributed by atoms with Gasteiger partial charge in [0, 0.05) is 49.7 Å². The Morgan fingerprint density at radius 3 is 2.63 bits per heavy atom. The van der Waals surface area contributed by atoms with E-state index in [1.54, 1.807) is 18.3 Å². The van der Waals surface area contributed by atoms with Gasteiger partial charge in [0.25, 0.3) is 5.91 Å². The third kappa shape index (κ3) is 3.98. The molecule has 1 aromatic carbocycles. The van der Waals surface area contributed by atoms with E-state index in [-0.39, 0.29) is 5.91 Å². The number of likely N-dealkylation sites (N-methyl/N-ethyl adjacent to an activating group) is 1.